The molecule has 1 aliphatic carbocycles. The molecule has 1 aliphatic heterocycles. The van der Waals surface area contributed by atoms with Gasteiger partial charge in [0.1, 0.15) is 5.78 Å². The first-order valence-corrected chi connectivity index (χ1v) is 3.54. The molecular formula is C7H10O3. The molecule has 1 heterocycles. The van der Waals surface area contributed by atoms with Gasteiger partial charge in [0.05, 0.1) is 31.3 Å². The fraction of sp³-hybridized carbons (Fsp3) is 0.857. The van der Waals surface area contributed by atoms with Gasteiger partial charge in [0, 0.05) is 0 Å². The van der Waals surface area contributed by atoms with E-state index >= 15 is 0 Å². The van der Waals surface area contributed by atoms with E-state index in [4.69, 9.17) is 9.47 Å². The summed E-state index contributed by atoms with van der Waals surface area (Å²) in [5.41, 5.74) is 0. The summed E-state index contributed by atoms with van der Waals surface area (Å²) in [6.07, 6.45) is 0.178. The molecule has 2 rings (SSSR count). The van der Waals surface area contributed by atoms with Crippen molar-refractivity contribution in [1.82, 2.24) is 0 Å². The molecule has 1 saturated heterocycles. The molecular weight excluding hydrogens is 132 g/mol. The van der Waals surface area contributed by atoms with E-state index in [-0.39, 0.29) is 23.9 Å². The van der Waals surface area contributed by atoms with E-state index in [1.807, 2.05) is 0 Å². The molecule has 0 amide bonds. The Balaban J connectivity index is 1.99. The fourth-order valence-corrected chi connectivity index (χ4v) is 1.48. The van der Waals surface area contributed by atoms with Crippen LogP contribution in [0.15, 0.2) is 0 Å². The van der Waals surface area contributed by atoms with Crippen molar-refractivity contribution in [2.75, 3.05) is 13.2 Å². The molecule has 2 unspecified atom stereocenters. The van der Waals surface area contributed by atoms with Crippen LogP contribution in [-0.2, 0) is 14.3 Å². The number of fused-ring (bicyclic) bond motifs is 1. The third-order valence-corrected chi connectivity index (χ3v) is 2.06. The maximum atomic E-state index is 10.8. The number of ketones is 1. The maximum absolute atomic E-state index is 10.8. The molecule has 0 bridgehead atoms. The second-order valence-corrected chi connectivity index (χ2v) is 2.81. The highest BCUT2D eigenvalue weighted by atomic mass is 16.6. The van der Waals surface area contributed by atoms with Gasteiger partial charge in [-0.2, -0.15) is 0 Å². The molecule has 2 fully saturated rings. The van der Waals surface area contributed by atoms with E-state index in [9.17, 15) is 4.79 Å². The van der Waals surface area contributed by atoms with Gasteiger partial charge < -0.3 is 9.47 Å². The number of Topliss-reactive ketones (excluding diaryl/α,β-unsaturated/α-hetero) is 1. The van der Waals surface area contributed by atoms with Gasteiger partial charge in [-0.1, -0.05) is 0 Å². The predicted molar refractivity (Wildman–Crippen MR) is 33.7 cm³/mol. The standard InChI is InChI=1S/C7H10O3/c1-4(8)5-6-7(5)10-3-2-9-6/h5-7H,2-3H2,1H3. The van der Waals surface area contributed by atoms with Crippen LogP contribution in [0.3, 0.4) is 0 Å². The lowest BCUT2D eigenvalue weighted by atomic mass is 10.3. The van der Waals surface area contributed by atoms with Crippen molar-refractivity contribution >= 4 is 5.78 Å². The highest BCUT2D eigenvalue weighted by molar-refractivity contribution is 5.83. The number of ether oxygens (including phenoxy) is 2. The normalized spacial score (nSPS) is 44.3. The molecule has 56 valence electrons. The molecule has 0 radical (unpaired) electrons. The van der Waals surface area contributed by atoms with Crippen molar-refractivity contribution in [3.05, 3.63) is 0 Å². The van der Waals surface area contributed by atoms with Crippen LogP contribution in [0.5, 0.6) is 0 Å². The van der Waals surface area contributed by atoms with E-state index in [2.05, 4.69) is 0 Å². The van der Waals surface area contributed by atoms with Gasteiger partial charge in [0.25, 0.3) is 0 Å². The Hall–Kier alpha value is -0.410. The summed E-state index contributed by atoms with van der Waals surface area (Å²) >= 11 is 0. The summed E-state index contributed by atoms with van der Waals surface area (Å²) in [5, 5.41) is 0. The van der Waals surface area contributed by atoms with Crippen molar-refractivity contribution in [1.29, 1.82) is 0 Å². The Morgan fingerprint density at radius 2 is 1.80 bits per heavy atom. The molecule has 3 nitrogen and oxygen atoms in total. The lowest BCUT2D eigenvalue weighted by Gasteiger charge is -2.08. The van der Waals surface area contributed by atoms with Crippen LogP contribution >= 0.6 is 0 Å². The van der Waals surface area contributed by atoms with E-state index in [1.165, 1.54) is 0 Å². The molecule has 0 aromatic carbocycles. The van der Waals surface area contributed by atoms with Gasteiger partial charge in [-0.05, 0) is 6.92 Å². The summed E-state index contributed by atoms with van der Waals surface area (Å²) in [6.45, 7) is 2.88. The Kier molecular flexibility index (Phi) is 1.28. The van der Waals surface area contributed by atoms with E-state index in [0.717, 1.165) is 0 Å². The van der Waals surface area contributed by atoms with Gasteiger partial charge in [0.2, 0.25) is 0 Å². The van der Waals surface area contributed by atoms with Crippen molar-refractivity contribution in [3.8, 4) is 0 Å². The van der Waals surface area contributed by atoms with Crippen molar-refractivity contribution in [3.63, 3.8) is 0 Å². The highest BCUT2D eigenvalue weighted by Crippen LogP contribution is 2.40. The largest absolute Gasteiger partial charge is 0.372 e. The van der Waals surface area contributed by atoms with E-state index < -0.39 is 0 Å². The average molecular weight is 142 g/mol. The number of hydrogen-bond acceptors (Lipinski definition) is 3. The second-order valence-electron chi connectivity index (χ2n) is 2.81. The molecule has 3 heteroatoms. The topological polar surface area (TPSA) is 35.5 Å². The molecule has 2 aliphatic rings. The minimum atomic E-state index is 0.0440. The summed E-state index contributed by atoms with van der Waals surface area (Å²) in [7, 11) is 0. The van der Waals surface area contributed by atoms with Crippen LogP contribution in [0.25, 0.3) is 0 Å². The quantitative estimate of drug-likeness (QED) is 0.516. The third-order valence-electron chi connectivity index (χ3n) is 2.06. The van der Waals surface area contributed by atoms with Gasteiger partial charge >= 0.3 is 0 Å². The maximum Gasteiger partial charge on any atom is 0.138 e. The molecule has 0 spiro atoms. The average Bonchev–Trinajstić information content (AvgIpc) is 2.60. The SMILES string of the molecule is CC(=O)C1C2OCCOC21. The summed E-state index contributed by atoms with van der Waals surface area (Å²) < 4.78 is 10.6. The van der Waals surface area contributed by atoms with E-state index in [1.54, 1.807) is 6.92 Å². The third kappa shape index (κ3) is 0.777. The number of hydrogen-bond donors (Lipinski definition) is 0. The lowest BCUT2D eigenvalue weighted by Crippen LogP contribution is -2.16. The Morgan fingerprint density at radius 1 is 1.30 bits per heavy atom. The van der Waals surface area contributed by atoms with Crippen LogP contribution in [0, 0.1) is 5.92 Å². The van der Waals surface area contributed by atoms with E-state index in [0.29, 0.717) is 13.2 Å². The van der Waals surface area contributed by atoms with Crippen molar-refractivity contribution in [2.45, 2.75) is 19.1 Å². The zero-order valence-corrected chi connectivity index (χ0v) is 5.87. The zero-order valence-electron chi connectivity index (χ0n) is 5.87. The molecule has 1 saturated carbocycles. The van der Waals surface area contributed by atoms with Gasteiger partial charge in [-0.15, -0.1) is 0 Å². The molecule has 0 aromatic rings. The highest BCUT2D eigenvalue weighted by Gasteiger charge is 2.57. The molecule has 0 N–H and O–H groups in total. The predicted octanol–water partition coefficient (Wildman–Crippen LogP) is -0.0108. The number of carbonyl (C=O) groups is 1. The Morgan fingerprint density at radius 3 is 2.20 bits per heavy atom. The Labute approximate surface area is 59.3 Å². The monoisotopic (exact) mass is 142 g/mol. The minimum Gasteiger partial charge on any atom is -0.372 e. The van der Waals surface area contributed by atoms with Crippen LogP contribution < -0.4 is 0 Å². The number of carbonyl (C=O) groups excluding carboxylic acids is 1. The fourth-order valence-electron chi connectivity index (χ4n) is 1.48. The van der Waals surface area contributed by atoms with Gasteiger partial charge in [-0.3, -0.25) is 4.79 Å². The lowest BCUT2D eigenvalue weighted by molar-refractivity contribution is -0.119. The van der Waals surface area contributed by atoms with Gasteiger partial charge in [-0.25, -0.2) is 0 Å². The van der Waals surface area contributed by atoms with Crippen LogP contribution in [0.4, 0.5) is 0 Å². The van der Waals surface area contributed by atoms with Crippen LogP contribution in [-0.4, -0.2) is 31.2 Å². The first-order chi connectivity index (χ1) is 4.80. The summed E-state index contributed by atoms with van der Waals surface area (Å²) in [6, 6.07) is 0. The number of rotatable bonds is 1. The van der Waals surface area contributed by atoms with Crippen molar-refractivity contribution in [2.24, 2.45) is 5.92 Å². The molecule has 0 aromatic heterocycles. The second kappa shape index (κ2) is 2.04. The molecule has 10 heavy (non-hydrogen) atoms. The molecule has 2 atom stereocenters. The summed E-state index contributed by atoms with van der Waals surface area (Å²) in [5.74, 6) is 0.236. The smallest absolute Gasteiger partial charge is 0.138 e. The van der Waals surface area contributed by atoms with Crippen LogP contribution in [0.2, 0.25) is 0 Å². The first-order valence-electron chi connectivity index (χ1n) is 3.54. The van der Waals surface area contributed by atoms with Crippen LogP contribution in [0.1, 0.15) is 6.92 Å². The van der Waals surface area contributed by atoms with Gasteiger partial charge in [0.15, 0.2) is 0 Å². The zero-order chi connectivity index (χ0) is 7.14. The summed E-state index contributed by atoms with van der Waals surface area (Å²) in [4.78, 5) is 10.8. The Bertz CT molecular complexity index is 154. The first kappa shape index (κ1) is 6.31. The van der Waals surface area contributed by atoms with Crippen molar-refractivity contribution < 1.29 is 14.3 Å². The minimum absolute atomic E-state index is 0.0440.